The number of anilines is 3. The van der Waals surface area contributed by atoms with Gasteiger partial charge in [0.05, 0.1) is 32.7 Å². The first kappa shape index (κ1) is 19.6. The van der Waals surface area contributed by atoms with Gasteiger partial charge in [-0.1, -0.05) is 29.8 Å². The van der Waals surface area contributed by atoms with Crippen molar-refractivity contribution in [1.82, 2.24) is 0 Å². The Kier molecular flexibility index (Phi) is 5.23. The van der Waals surface area contributed by atoms with Gasteiger partial charge in [-0.15, -0.1) is 0 Å². The smallest absolute Gasteiger partial charge is 0.258 e. The lowest BCUT2D eigenvalue weighted by atomic mass is 9.99. The van der Waals surface area contributed by atoms with Crippen LogP contribution in [0.25, 0.3) is 0 Å². The van der Waals surface area contributed by atoms with E-state index in [0.717, 1.165) is 28.2 Å². The molecule has 1 amide bonds. The van der Waals surface area contributed by atoms with E-state index in [9.17, 15) is 4.79 Å². The minimum absolute atomic E-state index is 0.0909. The molecule has 1 atom stereocenters. The van der Waals surface area contributed by atoms with E-state index in [0.29, 0.717) is 17.2 Å². The summed E-state index contributed by atoms with van der Waals surface area (Å²) in [6, 6.07) is 18.7. The molecule has 3 aromatic carbocycles. The van der Waals surface area contributed by atoms with E-state index in [1.54, 1.807) is 38.4 Å². The summed E-state index contributed by atoms with van der Waals surface area (Å²) in [5, 5.41) is 3.37. The van der Waals surface area contributed by atoms with Crippen molar-refractivity contribution >= 4 is 23.0 Å². The van der Waals surface area contributed by atoms with Gasteiger partial charge in [-0.2, -0.15) is 0 Å². The van der Waals surface area contributed by atoms with Crippen LogP contribution < -0.4 is 24.4 Å². The molecule has 1 unspecified atom stereocenters. The maximum Gasteiger partial charge on any atom is 0.258 e. The molecular weight excluding hydrogens is 380 g/mol. The molecule has 0 aliphatic carbocycles. The Hall–Kier alpha value is -3.67. The van der Waals surface area contributed by atoms with Gasteiger partial charge < -0.3 is 19.5 Å². The molecule has 0 aromatic heterocycles. The fourth-order valence-corrected chi connectivity index (χ4v) is 3.71. The summed E-state index contributed by atoms with van der Waals surface area (Å²) in [6.45, 7) is 2.02. The first-order valence-corrected chi connectivity index (χ1v) is 9.63. The zero-order valence-electron chi connectivity index (χ0n) is 17.4. The van der Waals surface area contributed by atoms with Crippen LogP contribution in [-0.2, 0) is 4.79 Å². The molecule has 0 fully saturated rings. The Morgan fingerprint density at radius 1 is 0.867 bits per heavy atom. The van der Waals surface area contributed by atoms with Crippen molar-refractivity contribution in [2.45, 2.75) is 13.0 Å². The molecule has 0 saturated heterocycles. The summed E-state index contributed by atoms with van der Waals surface area (Å²) >= 11 is 0. The van der Waals surface area contributed by atoms with E-state index in [1.807, 2.05) is 55.5 Å². The van der Waals surface area contributed by atoms with Crippen LogP contribution in [0.1, 0.15) is 17.2 Å². The van der Waals surface area contributed by atoms with Crippen molar-refractivity contribution in [2.24, 2.45) is 0 Å². The summed E-state index contributed by atoms with van der Waals surface area (Å²) in [5.41, 5.74) is 4.36. The van der Waals surface area contributed by atoms with Gasteiger partial charge in [0.1, 0.15) is 6.04 Å². The second-order valence-corrected chi connectivity index (χ2v) is 7.06. The van der Waals surface area contributed by atoms with Gasteiger partial charge in [-0.05, 0) is 48.9 Å². The normalized spacial score (nSPS) is 15.3. The molecule has 1 N–H and O–H groups in total. The largest absolute Gasteiger partial charge is 0.493 e. The molecule has 0 saturated carbocycles. The number of hydrogen-bond acceptors (Lipinski definition) is 5. The Morgan fingerprint density at radius 2 is 1.50 bits per heavy atom. The number of amides is 1. The molecule has 154 valence electrons. The lowest BCUT2D eigenvalue weighted by Crippen LogP contribution is -2.39. The predicted octanol–water partition coefficient (Wildman–Crippen LogP) is 4.85. The highest BCUT2D eigenvalue weighted by molar-refractivity contribution is 6.10. The third kappa shape index (κ3) is 3.30. The lowest BCUT2D eigenvalue weighted by molar-refractivity contribution is -0.118. The number of para-hydroxylation sites is 2. The van der Waals surface area contributed by atoms with Gasteiger partial charge in [0.2, 0.25) is 5.75 Å². The fraction of sp³-hybridized carbons (Fsp3) is 0.208. The molecule has 6 nitrogen and oxygen atoms in total. The Balaban J connectivity index is 1.85. The molecule has 4 rings (SSSR count). The predicted molar refractivity (Wildman–Crippen MR) is 117 cm³/mol. The van der Waals surface area contributed by atoms with Crippen LogP contribution in [0.3, 0.4) is 0 Å². The number of carbonyl (C=O) groups excluding carboxylic acids is 1. The number of nitrogens with one attached hydrogen (secondary N) is 1. The van der Waals surface area contributed by atoms with Crippen LogP contribution in [-0.4, -0.2) is 27.2 Å². The Bertz CT molecular complexity index is 1050. The highest BCUT2D eigenvalue weighted by Gasteiger charge is 2.35. The second-order valence-electron chi connectivity index (χ2n) is 7.06. The zero-order chi connectivity index (χ0) is 21.3. The van der Waals surface area contributed by atoms with Crippen molar-refractivity contribution in [1.29, 1.82) is 0 Å². The first-order chi connectivity index (χ1) is 14.6. The van der Waals surface area contributed by atoms with Crippen LogP contribution in [0, 0.1) is 6.92 Å². The molecule has 1 heterocycles. The quantitative estimate of drug-likeness (QED) is 0.659. The van der Waals surface area contributed by atoms with E-state index >= 15 is 0 Å². The maximum atomic E-state index is 13.7. The number of carbonyl (C=O) groups is 1. The number of nitrogens with zero attached hydrogens (tertiary/aromatic N) is 1. The number of methoxy groups -OCH3 is 3. The summed E-state index contributed by atoms with van der Waals surface area (Å²) in [7, 11) is 4.68. The third-order valence-electron chi connectivity index (χ3n) is 5.22. The number of hydrogen-bond donors (Lipinski definition) is 1. The lowest BCUT2D eigenvalue weighted by Gasteiger charge is -2.36. The van der Waals surface area contributed by atoms with Gasteiger partial charge in [0.15, 0.2) is 11.5 Å². The first-order valence-electron chi connectivity index (χ1n) is 9.63. The van der Waals surface area contributed by atoms with E-state index in [1.165, 1.54) is 0 Å². The number of aryl methyl sites for hydroxylation is 1. The zero-order valence-corrected chi connectivity index (χ0v) is 17.4. The Morgan fingerprint density at radius 3 is 2.10 bits per heavy atom. The van der Waals surface area contributed by atoms with Crippen molar-refractivity contribution in [3.63, 3.8) is 0 Å². The van der Waals surface area contributed by atoms with Gasteiger partial charge in [-0.3, -0.25) is 9.69 Å². The van der Waals surface area contributed by atoms with Crippen molar-refractivity contribution in [2.75, 3.05) is 31.5 Å². The topological polar surface area (TPSA) is 60.0 Å². The highest BCUT2D eigenvalue weighted by atomic mass is 16.5. The van der Waals surface area contributed by atoms with Crippen LogP contribution in [0.4, 0.5) is 17.1 Å². The van der Waals surface area contributed by atoms with E-state index < -0.39 is 6.04 Å². The van der Waals surface area contributed by atoms with E-state index in [-0.39, 0.29) is 5.91 Å². The molecule has 6 heteroatoms. The molecule has 3 aromatic rings. The molecular formula is C24H24N2O4. The number of ether oxygens (including phenoxy) is 3. The molecule has 0 spiro atoms. The van der Waals surface area contributed by atoms with Crippen molar-refractivity contribution in [3.8, 4) is 17.2 Å². The van der Waals surface area contributed by atoms with E-state index in [4.69, 9.17) is 14.2 Å². The van der Waals surface area contributed by atoms with E-state index in [2.05, 4.69) is 5.32 Å². The van der Waals surface area contributed by atoms with Gasteiger partial charge in [0, 0.05) is 5.69 Å². The van der Waals surface area contributed by atoms with Crippen molar-refractivity contribution < 1.29 is 19.0 Å². The number of benzene rings is 3. The average molecular weight is 404 g/mol. The second kappa shape index (κ2) is 7.99. The average Bonchev–Trinajstić information content (AvgIpc) is 2.78. The summed E-state index contributed by atoms with van der Waals surface area (Å²) < 4.78 is 16.4. The van der Waals surface area contributed by atoms with Crippen LogP contribution in [0.15, 0.2) is 60.7 Å². The summed E-state index contributed by atoms with van der Waals surface area (Å²) in [4.78, 5) is 15.4. The molecule has 1 aliphatic heterocycles. The highest BCUT2D eigenvalue weighted by Crippen LogP contribution is 2.44. The van der Waals surface area contributed by atoms with Crippen LogP contribution in [0.2, 0.25) is 0 Å². The van der Waals surface area contributed by atoms with Crippen LogP contribution >= 0.6 is 0 Å². The van der Waals surface area contributed by atoms with Gasteiger partial charge in [0.25, 0.3) is 5.91 Å². The summed E-state index contributed by atoms with van der Waals surface area (Å²) in [6.07, 6.45) is 0. The molecule has 30 heavy (non-hydrogen) atoms. The minimum Gasteiger partial charge on any atom is -0.493 e. The summed E-state index contributed by atoms with van der Waals surface area (Å²) in [5.74, 6) is 1.40. The monoisotopic (exact) mass is 404 g/mol. The number of fused-ring (bicyclic) bond motifs is 1. The minimum atomic E-state index is -0.616. The third-order valence-corrected chi connectivity index (χ3v) is 5.22. The van der Waals surface area contributed by atoms with Gasteiger partial charge in [-0.25, -0.2) is 0 Å². The van der Waals surface area contributed by atoms with Crippen LogP contribution in [0.5, 0.6) is 17.2 Å². The Labute approximate surface area is 176 Å². The van der Waals surface area contributed by atoms with Gasteiger partial charge >= 0.3 is 0 Å². The number of rotatable bonds is 5. The van der Waals surface area contributed by atoms with Crippen molar-refractivity contribution in [3.05, 3.63) is 71.8 Å². The fourth-order valence-electron chi connectivity index (χ4n) is 3.71. The molecule has 0 radical (unpaired) electrons. The standard InChI is InChI=1S/C24H24N2O4/c1-15-9-11-17(12-10-15)26-19-8-6-5-7-18(19)25-22(24(26)27)16-13-20(28-2)23(30-4)21(14-16)29-3/h5-14,22,25H,1-4H3. The molecule has 1 aliphatic rings. The SMILES string of the molecule is COc1cc(C2Nc3ccccc3N(c3ccc(C)cc3)C2=O)cc(OC)c1OC. The molecule has 0 bridgehead atoms. The maximum absolute atomic E-state index is 13.7.